The number of hydrogen-bond acceptors (Lipinski definition) is 1. The summed E-state index contributed by atoms with van der Waals surface area (Å²) >= 11 is 0. The summed E-state index contributed by atoms with van der Waals surface area (Å²) in [6, 6.07) is 0. The predicted molar refractivity (Wildman–Crippen MR) is 21.9 cm³/mol. The summed E-state index contributed by atoms with van der Waals surface area (Å²) in [5.74, 6) is 0.440. The van der Waals surface area contributed by atoms with Gasteiger partial charge in [-0.1, -0.05) is 13.8 Å². The monoisotopic (exact) mass is 164 g/mol. The molecule has 2 heteroatoms. The van der Waals surface area contributed by atoms with E-state index in [1.165, 1.54) is 0 Å². The topological polar surface area (TPSA) is 20.2 Å². The zero-order valence-electron chi connectivity index (χ0n) is 4.23. The van der Waals surface area contributed by atoms with Crippen LogP contribution in [0.3, 0.4) is 0 Å². The Morgan fingerprint density at radius 1 is 1.50 bits per heavy atom. The third kappa shape index (κ3) is 8.85. The molecule has 0 saturated heterocycles. The molecular formula is C4H10OZr. The van der Waals surface area contributed by atoms with Gasteiger partial charge in [0.05, 0.1) is 0 Å². The van der Waals surface area contributed by atoms with Crippen molar-refractivity contribution < 1.29 is 31.3 Å². The van der Waals surface area contributed by atoms with Crippen molar-refractivity contribution in [1.29, 1.82) is 0 Å². The van der Waals surface area contributed by atoms with E-state index in [0.29, 0.717) is 12.5 Å². The normalized spacial score (nSPS) is 8.00. The SMILES string of the molecule is CC(C)CO.[Zr]. The Morgan fingerprint density at radius 3 is 1.67 bits per heavy atom. The second kappa shape index (κ2) is 5.84. The standard InChI is InChI=1S/C4H10O.Zr/c1-4(2)3-5;/h4-5H,3H2,1-2H3;. The summed E-state index contributed by atoms with van der Waals surface area (Å²) in [7, 11) is 0. The fraction of sp³-hybridized carbons (Fsp3) is 1.00. The molecule has 0 fully saturated rings. The molecule has 1 N–H and O–H groups in total. The molecule has 0 spiro atoms. The van der Waals surface area contributed by atoms with Crippen LogP contribution in [0.5, 0.6) is 0 Å². The first kappa shape index (κ1) is 9.96. The first-order chi connectivity index (χ1) is 2.27. The summed E-state index contributed by atoms with van der Waals surface area (Å²) in [4.78, 5) is 0. The van der Waals surface area contributed by atoms with Gasteiger partial charge in [0, 0.05) is 32.8 Å². The summed E-state index contributed by atoms with van der Waals surface area (Å²) < 4.78 is 0. The van der Waals surface area contributed by atoms with Crippen molar-refractivity contribution in [3.8, 4) is 0 Å². The van der Waals surface area contributed by atoms with Gasteiger partial charge in [-0.25, -0.2) is 0 Å². The maximum atomic E-state index is 8.14. The van der Waals surface area contributed by atoms with Gasteiger partial charge < -0.3 is 5.11 Å². The summed E-state index contributed by atoms with van der Waals surface area (Å²) in [5.41, 5.74) is 0. The number of rotatable bonds is 1. The Kier molecular flexibility index (Phi) is 9.70. The Morgan fingerprint density at radius 2 is 1.67 bits per heavy atom. The molecule has 36 valence electrons. The molecule has 1 nitrogen and oxygen atoms in total. The van der Waals surface area contributed by atoms with E-state index in [9.17, 15) is 0 Å². The van der Waals surface area contributed by atoms with Gasteiger partial charge in [0.1, 0.15) is 0 Å². The summed E-state index contributed by atoms with van der Waals surface area (Å²) in [6.07, 6.45) is 0. The summed E-state index contributed by atoms with van der Waals surface area (Å²) in [5, 5.41) is 8.14. The van der Waals surface area contributed by atoms with Gasteiger partial charge in [0.25, 0.3) is 0 Å². The van der Waals surface area contributed by atoms with Gasteiger partial charge in [-0.05, 0) is 5.92 Å². The van der Waals surface area contributed by atoms with Gasteiger partial charge in [0.15, 0.2) is 0 Å². The predicted octanol–water partition coefficient (Wildman–Crippen LogP) is 0.632. The Hall–Kier alpha value is 0.843. The number of aliphatic hydroxyl groups excluding tert-OH is 1. The van der Waals surface area contributed by atoms with Crippen LogP contribution >= 0.6 is 0 Å². The molecule has 0 unspecified atom stereocenters. The number of hydrogen-bond donors (Lipinski definition) is 1. The van der Waals surface area contributed by atoms with E-state index in [1.807, 2.05) is 13.8 Å². The second-order valence-corrected chi connectivity index (χ2v) is 1.58. The van der Waals surface area contributed by atoms with Crippen LogP contribution in [0.4, 0.5) is 0 Å². The molecule has 0 rings (SSSR count). The van der Waals surface area contributed by atoms with Crippen LogP contribution in [0.2, 0.25) is 0 Å². The van der Waals surface area contributed by atoms with E-state index in [1.54, 1.807) is 0 Å². The minimum absolute atomic E-state index is 0. The van der Waals surface area contributed by atoms with Crippen LogP contribution in [0.1, 0.15) is 13.8 Å². The van der Waals surface area contributed by atoms with Crippen molar-refractivity contribution in [2.45, 2.75) is 13.8 Å². The van der Waals surface area contributed by atoms with Crippen molar-refractivity contribution >= 4 is 0 Å². The smallest absolute Gasteiger partial charge is 0.0453 e. The van der Waals surface area contributed by atoms with Gasteiger partial charge in [0.2, 0.25) is 0 Å². The van der Waals surface area contributed by atoms with E-state index in [2.05, 4.69) is 0 Å². The van der Waals surface area contributed by atoms with Gasteiger partial charge in [-0.15, -0.1) is 0 Å². The molecule has 0 aromatic rings. The molecule has 0 amide bonds. The van der Waals surface area contributed by atoms with E-state index >= 15 is 0 Å². The molecule has 0 aliphatic carbocycles. The van der Waals surface area contributed by atoms with E-state index in [-0.39, 0.29) is 26.2 Å². The first-order valence-corrected chi connectivity index (χ1v) is 1.88. The first-order valence-electron chi connectivity index (χ1n) is 1.88. The molecule has 0 radical (unpaired) electrons. The van der Waals surface area contributed by atoms with E-state index in [4.69, 9.17) is 5.11 Å². The molecule has 0 bridgehead atoms. The molecule has 0 atom stereocenters. The van der Waals surface area contributed by atoms with Gasteiger partial charge in [-0.2, -0.15) is 0 Å². The van der Waals surface area contributed by atoms with Crippen LogP contribution in [-0.4, -0.2) is 11.7 Å². The van der Waals surface area contributed by atoms with Crippen molar-refractivity contribution in [2.24, 2.45) is 5.92 Å². The third-order valence-corrected chi connectivity index (χ3v) is 0.365. The quantitative estimate of drug-likeness (QED) is 0.604. The fourth-order valence-electron chi connectivity index (χ4n) is 0. The van der Waals surface area contributed by atoms with Crippen molar-refractivity contribution in [3.05, 3.63) is 0 Å². The van der Waals surface area contributed by atoms with Crippen LogP contribution in [0.15, 0.2) is 0 Å². The Balaban J connectivity index is 0. The molecule has 0 aromatic carbocycles. The minimum Gasteiger partial charge on any atom is -0.396 e. The second-order valence-electron chi connectivity index (χ2n) is 1.58. The van der Waals surface area contributed by atoms with E-state index < -0.39 is 0 Å². The molecular weight excluding hydrogens is 155 g/mol. The molecule has 0 aliphatic heterocycles. The molecule has 0 aliphatic rings. The Labute approximate surface area is 57.9 Å². The fourth-order valence-corrected chi connectivity index (χ4v) is 0. The maximum Gasteiger partial charge on any atom is 0.0453 e. The van der Waals surface area contributed by atoms with Crippen molar-refractivity contribution in [2.75, 3.05) is 6.61 Å². The van der Waals surface area contributed by atoms with Crippen LogP contribution < -0.4 is 0 Å². The minimum atomic E-state index is 0. The van der Waals surface area contributed by atoms with Crippen molar-refractivity contribution in [1.82, 2.24) is 0 Å². The van der Waals surface area contributed by atoms with Gasteiger partial charge >= 0.3 is 0 Å². The van der Waals surface area contributed by atoms with Gasteiger partial charge in [-0.3, -0.25) is 0 Å². The van der Waals surface area contributed by atoms with Crippen LogP contribution in [-0.2, 0) is 26.2 Å². The maximum absolute atomic E-state index is 8.14. The Bertz CT molecular complexity index is 21.5. The average Bonchev–Trinajstić information content (AvgIpc) is 1.38. The molecule has 0 saturated carbocycles. The molecule has 0 heterocycles. The largest absolute Gasteiger partial charge is 0.396 e. The van der Waals surface area contributed by atoms with Crippen LogP contribution in [0.25, 0.3) is 0 Å². The average molecular weight is 165 g/mol. The number of aliphatic hydroxyl groups is 1. The summed E-state index contributed by atoms with van der Waals surface area (Å²) in [6.45, 7) is 4.25. The zero-order chi connectivity index (χ0) is 4.28. The zero-order valence-corrected chi connectivity index (χ0v) is 6.69. The molecule has 6 heavy (non-hydrogen) atoms. The van der Waals surface area contributed by atoms with E-state index in [0.717, 1.165) is 0 Å². The van der Waals surface area contributed by atoms with Crippen LogP contribution in [0, 0.1) is 5.92 Å². The third-order valence-electron chi connectivity index (χ3n) is 0.365. The molecule has 0 aromatic heterocycles. The van der Waals surface area contributed by atoms with Crippen molar-refractivity contribution in [3.63, 3.8) is 0 Å².